The lowest BCUT2D eigenvalue weighted by Gasteiger charge is -2.41. The summed E-state index contributed by atoms with van der Waals surface area (Å²) in [6.07, 6.45) is 6.04. The maximum absolute atomic E-state index is 15.5. The molecule has 1 amide bonds. The zero-order chi connectivity index (χ0) is 30.6. The first-order valence-corrected chi connectivity index (χ1v) is 14.6. The second kappa shape index (κ2) is 10.7. The number of piperazine rings is 1. The number of pyridine rings is 2. The zero-order valence-corrected chi connectivity index (χ0v) is 25.0. The zero-order valence-electron chi connectivity index (χ0n) is 24.2. The number of halogens is 2. The number of nitrogens with one attached hydrogen (secondary N) is 1. The molecule has 6 heterocycles. The molecule has 4 aromatic heterocycles. The number of rotatable bonds is 5. The van der Waals surface area contributed by atoms with Crippen LogP contribution in [0.15, 0.2) is 55.2 Å². The van der Waals surface area contributed by atoms with Gasteiger partial charge in [-0.15, -0.1) is 0 Å². The molecule has 0 spiro atoms. The Kier molecular flexibility index (Phi) is 6.84. The highest BCUT2D eigenvalue weighted by atomic mass is 35.5. The van der Waals surface area contributed by atoms with Gasteiger partial charge in [-0.05, 0) is 63.9 Å². The van der Waals surface area contributed by atoms with E-state index in [2.05, 4.69) is 30.3 Å². The predicted octanol–water partition coefficient (Wildman–Crippen LogP) is 5.98. The molecule has 1 N–H and O–H groups in total. The SMILES string of the molecule is CC(C)(C)OC(=O)N1C2CCC1CN(c1ccc3ncnc(Nc4ccc(Oc5ccn6ncnc6c5)c(Cl)c4F)c3n1)C2. The second-order valence-corrected chi connectivity index (χ2v) is 12.2. The van der Waals surface area contributed by atoms with Crippen LogP contribution < -0.4 is 15.0 Å². The highest BCUT2D eigenvalue weighted by Crippen LogP contribution is 2.37. The molecule has 0 aliphatic carbocycles. The molecule has 7 rings (SSSR count). The van der Waals surface area contributed by atoms with Crippen molar-refractivity contribution >= 4 is 51.7 Å². The molecule has 2 bridgehead atoms. The molecule has 2 atom stereocenters. The molecule has 0 saturated carbocycles. The van der Waals surface area contributed by atoms with Crippen LogP contribution in [0, 0.1) is 5.82 Å². The summed E-state index contributed by atoms with van der Waals surface area (Å²) in [7, 11) is 0. The summed E-state index contributed by atoms with van der Waals surface area (Å²) in [6.45, 7) is 6.87. The Morgan fingerprint density at radius 3 is 2.61 bits per heavy atom. The van der Waals surface area contributed by atoms with Crippen LogP contribution in [-0.2, 0) is 4.74 Å². The van der Waals surface area contributed by atoms with Crippen molar-refractivity contribution in [3.8, 4) is 11.5 Å². The first kappa shape index (κ1) is 28.0. The van der Waals surface area contributed by atoms with Crippen LogP contribution in [0.25, 0.3) is 16.7 Å². The molecular formula is C30H29ClFN9O3. The Morgan fingerprint density at radius 2 is 1.84 bits per heavy atom. The van der Waals surface area contributed by atoms with E-state index in [1.54, 1.807) is 28.9 Å². The fraction of sp³-hybridized carbons (Fsp3) is 0.333. The molecule has 226 valence electrons. The van der Waals surface area contributed by atoms with Gasteiger partial charge in [-0.25, -0.2) is 33.6 Å². The summed E-state index contributed by atoms with van der Waals surface area (Å²) in [4.78, 5) is 34.7. The number of carbonyl (C=O) groups excluding carboxylic acids is 1. The van der Waals surface area contributed by atoms with Crippen LogP contribution in [0.1, 0.15) is 33.6 Å². The largest absolute Gasteiger partial charge is 0.455 e. The maximum atomic E-state index is 15.5. The summed E-state index contributed by atoms with van der Waals surface area (Å²) >= 11 is 6.39. The Balaban J connectivity index is 1.12. The van der Waals surface area contributed by atoms with Gasteiger partial charge in [0.2, 0.25) is 0 Å². The summed E-state index contributed by atoms with van der Waals surface area (Å²) in [5.74, 6) is 0.930. The van der Waals surface area contributed by atoms with Crippen LogP contribution in [-0.4, -0.2) is 71.3 Å². The van der Waals surface area contributed by atoms with Crippen molar-refractivity contribution in [3.05, 3.63) is 66.1 Å². The number of anilines is 3. The normalized spacial score (nSPS) is 18.2. The molecule has 14 heteroatoms. The van der Waals surface area contributed by atoms with E-state index in [9.17, 15) is 4.79 Å². The first-order chi connectivity index (χ1) is 21.1. The minimum atomic E-state index is -0.703. The van der Waals surface area contributed by atoms with Crippen LogP contribution in [0.3, 0.4) is 0 Å². The van der Waals surface area contributed by atoms with Crippen LogP contribution >= 0.6 is 11.6 Å². The lowest BCUT2D eigenvalue weighted by molar-refractivity contribution is 0.0122. The number of aromatic nitrogens is 6. The van der Waals surface area contributed by atoms with Gasteiger partial charge >= 0.3 is 6.09 Å². The second-order valence-electron chi connectivity index (χ2n) is 11.8. The summed E-state index contributed by atoms with van der Waals surface area (Å²) < 4.78 is 28.6. The summed E-state index contributed by atoms with van der Waals surface area (Å²) in [5, 5.41) is 6.89. The van der Waals surface area contributed by atoms with E-state index in [0.717, 1.165) is 18.7 Å². The summed E-state index contributed by atoms with van der Waals surface area (Å²) in [6, 6.07) is 10.3. The Labute approximate surface area is 256 Å². The number of fused-ring (bicyclic) bond motifs is 4. The van der Waals surface area contributed by atoms with E-state index in [1.165, 1.54) is 18.7 Å². The lowest BCUT2D eigenvalue weighted by Crippen LogP contribution is -2.57. The molecule has 5 aromatic rings. The minimum absolute atomic E-state index is 0.0287. The van der Waals surface area contributed by atoms with Crippen molar-refractivity contribution < 1.29 is 18.7 Å². The van der Waals surface area contributed by atoms with Crippen LogP contribution in [0.4, 0.5) is 26.5 Å². The number of ether oxygens (including phenoxy) is 2. The smallest absolute Gasteiger partial charge is 0.410 e. The highest BCUT2D eigenvalue weighted by Gasteiger charge is 2.44. The third-order valence-electron chi connectivity index (χ3n) is 7.66. The molecular weight excluding hydrogens is 589 g/mol. The van der Waals surface area contributed by atoms with Gasteiger partial charge in [-0.1, -0.05) is 11.6 Å². The van der Waals surface area contributed by atoms with E-state index in [0.29, 0.717) is 41.3 Å². The molecule has 2 unspecified atom stereocenters. The fourth-order valence-electron chi connectivity index (χ4n) is 5.72. The number of carbonyl (C=O) groups is 1. The first-order valence-electron chi connectivity index (χ1n) is 14.2. The monoisotopic (exact) mass is 617 g/mol. The minimum Gasteiger partial charge on any atom is -0.455 e. The van der Waals surface area contributed by atoms with Gasteiger partial charge in [0.05, 0.1) is 23.3 Å². The van der Waals surface area contributed by atoms with Crippen LogP contribution in [0.5, 0.6) is 11.5 Å². The molecule has 12 nitrogen and oxygen atoms in total. The van der Waals surface area contributed by atoms with Gasteiger partial charge in [0.25, 0.3) is 0 Å². The van der Waals surface area contributed by atoms with E-state index < -0.39 is 11.4 Å². The van der Waals surface area contributed by atoms with E-state index in [4.69, 9.17) is 26.1 Å². The van der Waals surface area contributed by atoms with Crippen molar-refractivity contribution in [3.63, 3.8) is 0 Å². The van der Waals surface area contributed by atoms with Crippen molar-refractivity contribution in [2.75, 3.05) is 23.3 Å². The number of hydrogen-bond acceptors (Lipinski definition) is 10. The van der Waals surface area contributed by atoms with Crippen molar-refractivity contribution in [1.82, 2.24) is 34.4 Å². The van der Waals surface area contributed by atoms with E-state index >= 15 is 4.39 Å². The molecule has 2 saturated heterocycles. The van der Waals surface area contributed by atoms with Gasteiger partial charge in [0.1, 0.15) is 46.1 Å². The van der Waals surface area contributed by atoms with Gasteiger partial charge in [0, 0.05) is 25.4 Å². The molecule has 44 heavy (non-hydrogen) atoms. The van der Waals surface area contributed by atoms with Gasteiger partial charge in [-0.2, -0.15) is 5.10 Å². The summed E-state index contributed by atoms with van der Waals surface area (Å²) in [5.41, 5.74) is 1.20. The lowest BCUT2D eigenvalue weighted by atomic mass is 10.2. The van der Waals surface area contributed by atoms with E-state index in [1.807, 2.05) is 37.8 Å². The van der Waals surface area contributed by atoms with Crippen molar-refractivity contribution in [2.24, 2.45) is 0 Å². The Morgan fingerprint density at radius 1 is 1.05 bits per heavy atom. The van der Waals surface area contributed by atoms with Gasteiger partial charge in [-0.3, -0.25) is 4.90 Å². The quantitative estimate of drug-likeness (QED) is 0.252. The molecule has 1 aromatic carbocycles. The number of hydrogen-bond donors (Lipinski definition) is 1. The molecule has 2 aliphatic rings. The maximum Gasteiger partial charge on any atom is 0.410 e. The Hall–Kier alpha value is -4.78. The standard InChI is InChI=1S/C30H29ClFN9O3/c1-30(2,3)44-29(42)41-17-4-5-18(41)14-39(13-17)23-9-7-21-27(38-23)28(35-15-33-21)37-20-6-8-22(25(31)26(20)32)43-19-10-11-40-24(12-19)34-16-36-40/h6-12,15-18H,4-5,13-14H2,1-3H3,(H,33,35,37). The number of benzene rings is 1. The van der Waals surface area contributed by atoms with Gasteiger partial charge in [0.15, 0.2) is 17.3 Å². The van der Waals surface area contributed by atoms with Crippen molar-refractivity contribution in [1.29, 1.82) is 0 Å². The molecule has 2 aliphatic heterocycles. The average molecular weight is 618 g/mol. The van der Waals surface area contributed by atoms with Crippen molar-refractivity contribution in [2.45, 2.75) is 51.3 Å². The van der Waals surface area contributed by atoms with E-state index in [-0.39, 0.29) is 34.6 Å². The topological polar surface area (TPSA) is 123 Å². The Bertz CT molecular complexity index is 1880. The average Bonchev–Trinajstić information content (AvgIpc) is 3.57. The third kappa shape index (κ3) is 5.27. The number of amides is 1. The highest BCUT2D eigenvalue weighted by molar-refractivity contribution is 6.32. The number of nitrogens with zero attached hydrogens (tertiary/aromatic N) is 8. The molecule has 2 fully saturated rings. The third-order valence-corrected chi connectivity index (χ3v) is 8.01. The van der Waals surface area contributed by atoms with Gasteiger partial charge < -0.3 is 19.7 Å². The van der Waals surface area contributed by atoms with Crippen LogP contribution in [0.2, 0.25) is 5.02 Å². The fourth-order valence-corrected chi connectivity index (χ4v) is 5.93. The predicted molar refractivity (Wildman–Crippen MR) is 162 cm³/mol. The molecule has 0 radical (unpaired) electrons.